The van der Waals surface area contributed by atoms with Gasteiger partial charge in [-0.05, 0) is 12.8 Å². The van der Waals surface area contributed by atoms with E-state index in [1.165, 1.54) is 0 Å². The molecular formula is C12H22Cl23F4TaTi. The van der Waals surface area contributed by atoms with Crippen LogP contribution in [-0.4, -0.2) is 26.9 Å². The van der Waals surface area contributed by atoms with Gasteiger partial charge in [0.05, 0.1) is 0 Å². The Balaban J connectivity index is -0.0000000349. The Bertz CT molecular complexity index is 441. The second-order valence-electron chi connectivity index (χ2n) is 5.09. The molecule has 0 amide bonds. The molecule has 0 atom stereocenters. The molecule has 0 rings (SSSR count). The summed E-state index contributed by atoms with van der Waals surface area (Å²) in [5.74, 6) is 0. The van der Waals surface area contributed by atoms with E-state index in [4.69, 9.17) is 246 Å². The van der Waals surface area contributed by atoms with Crippen LogP contribution in [0.25, 0.3) is 0 Å². The zero-order chi connectivity index (χ0) is 32.1. The van der Waals surface area contributed by atoms with E-state index in [0.717, 1.165) is 12.8 Å². The first-order valence-electron chi connectivity index (χ1n) is 8.24. The molecule has 41 heavy (non-hydrogen) atoms. The SMILES string of the molecule is CCC(Cl)Cl.CCC(Cl)Cl.ClC(Cl)CC(Cl)(Cl)Cl.ClC(Cl)CC(Cl)(Cl)Cl.F.F.F.F.[Cl][Ta]([Cl])([Cl])([Cl])[Cl].[Cl][Ti]([Cl])([Cl])[Cl]. The summed E-state index contributed by atoms with van der Waals surface area (Å²) in [6, 6.07) is 0. The third-order valence-corrected chi connectivity index (χ3v) is 4.17. The summed E-state index contributed by atoms with van der Waals surface area (Å²) >= 11 is 70.6. The Hall–Kier alpha value is 7.84. The molecule has 0 heterocycles. The molecule has 0 aliphatic heterocycles. The van der Waals surface area contributed by atoms with Gasteiger partial charge in [-0.15, -0.1) is 92.8 Å². The van der Waals surface area contributed by atoms with Gasteiger partial charge in [0.15, 0.2) is 7.59 Å². The Morgan fingerprint density at radius 3 is 0.561 bits per heavy atom. The second kappa shape index (κ2) is 39.1. The van der Waals surface area contributed by atoms with Crippen molar-refractivity contribution in [3.8, 4) is 0 Å². The van der Waals surface area contributed by atoms with Crippen molar-refractivity contribution in [3.05, 3.63) is 0 Å². The molecule has 0 nitrogen and oxygen atoms in total. The molecule has 0 radical (unpaired) electrons. The van der Waals surface area contributed by atoms with Crippen LogP contribution in [0, 0.1) is 0 Å². The average molecular weight is 1290 g/mol. The van der Waals surface area contributed by atoms with Gasteiger partial charge >= 0.3 is 106 Å². The van der Waals surface area contributed by atoms with E-state index < -0.39 is 40.0 Å². The fraction of sp³-hybridized carbons (Fsp3) is 1.00. The Morgan fingerprint density at radius 1 is 0.463 bits per heavy atom. The first-order valence-corrected chi connectivity index (χ1v) is 42.5. The quantitative estimate of drug-likeness (QED) is 0.150. The summed E-state index contributed by atoms with van der Waals surface area (Å²) in [5.41, 5.74) is 0. The zero-order valence-electron chi connectivity index (χ0n) is 19.4. The van der Waals surface area contributed by atoms with Crippen LogP contribution < -0.4 is 0 Å². The van der Waals surface area contributed by atoms with Gasteiger partial charge in [-0.2, -0.15) is 0 Å². The van der Waals surface area contributed by atoms with E-state index >= 15 is 0 Å². The Labute approximate surface area is 347 Å². The van der Waals surface area contributed by atoms with Crippen molar-refractivity contribution in [2.45, 2.75) is 66.5 Å². The van der Waals surface area contributed by atoms with Gasteiger partial charge in [-0.25, -0.2) is 0 Å². The van der Waals surface area contributed by atoms with Crippen molar-refractivity contribution in [2.75, 3.05) is 0 Å². The van der Waals surface area contributed by atoms with E-state index in [1.807, 2.05) is 13.8 Å². The molecular weight excluding hydrogens is 1260 g/mol. The molecule has 0 saturated carbocycles. The van der Waals surface area contributed by atoms with Crippen molar-refractivity contribution in [1.29, 1.82) is 0 Å². The molecule has 29 heteroatoms. The minimum absolute atomic E-state index is 0. The number of hydrogen-bond acceptors (Lipinski definition) is 0. The van der Waals surface area contributed by atoms with Gasteiger partial charge in [0.25, 0.3) is 0 Å². The molecule has 0 saturated heterocycles. The monoisotopic (exact) mass is 1280 g/mol. The van der Waals surface area contributed by atoms with Crippen molar-refractivity contribution < 1.29 is 41.6 Å². The molecule has 0 aromatic heterocycles. The fourth-order valence-corrected chi connectivity index (χ4v) is 3.15. The molecule has 0 aliphatic rings. The predicted molar refractivity (Wildman–Crippen MR) is 195 cm³/mol. The fourth-order valence-electron chi connectivity index (χ4n) is 0.350. The van der Waals surface area contributed by atoms with Gasteiger partial charge in [0.2, 0.25) is 0 Å². The van der Waals surface area contributed by atoms with E-state index in [-0.39, 0.29) is 41.3 Å². The van der Waals surface area contributed by atoms with Gasteiger partial charge in [-0.1, -0.05) is 83.5 Å². The summed E-state index contributed by atoms with van der Waals surface area (Å²) in [5, 5.41) is 0. The molecule has 0 aromatic carbocycles. The summed E-state index contributed by atoms with van der Waals surface area (Å²) in [6.07, 6.45) is 1.98. The van der Waals surface area contributed by atoms with Crippen molar-refractivity contribution in [3.63, 3.8) is 0 Å². The van der Waals surface area contributed by atoms with E-state index in [9.17, 15) is 0 Å². The summed E-state index contributed by atoms with van der Waals surface area (Å²) < 4.78 is -2.65. The van der Waals surface area contributed by atoms with Crippen molar-refractivity contribution in [1.82, 2.24) is 0 Å². The maximum absolute atomic E-state index is 5.29. The summed E-state index contributed by atoms with van der Waals surface area (Å²) in [7, 11) is 40.9. The zero-order valence-corrected chi connectivity index (χ0v) is 41.6. The number of hydrogen-bond donors (Lipinski definition) is 0. The third-order valence-electron chi connectivity index (χ3n) is 1.39. The molecule has 0 aromatic rings. The molecule has 0 N–H and O–H groups in total. The molecule has 0 bridgehead atoms. The predicted octanol–water partition coefficient (Wildman–Crippen LogP) is 18.3. The average Bonchev–Trinajstić information content (AvgIpc) is 2.47. The number of alkyl halides is 14. The first-order chi connectivity index (χ1) is 15.6. The van der Waals surface area contributed by atoms with Crippen LogP contribution in [0.4, 0.5) is 18.8 Å². The van der Waals surface area contributed by atoms with Gasteiger partial charge in [0.1, 0.15) is 19.3 Å². The van der Waals surface area contributed by atoms with Crippen LogP contribution in [0.2, 0.25) is 0 Å². The van der Waals surface area contributed by atoms with Gasteiger partial charge in [0, 0.05) is 12.8 Å². The molecule has 268 valence electrons. The molecule has 0 spiro atoms. The topological polar surface area (TPSA) is 0 Å². The van der Waals surface area contributed by atoms with E-state index in [1.54, 1.807) is 0 Å². The van der Waals surface area contributed by atoms with Gasteiger partial charge < -0.3 is 0 Å². The van der Waals surface area contributed by atoms with Crippen LogP contribution in [0.5, 0.6) is 0 Å². The standard InChI is InChI=1S/2C3H3Cl5.2C3H6Cl2.9ClH.4FH.Ta.Ti/c2*4-2(5)1-3(6,7)8;2*1-2-3(4)5;;;;;;;;;;;;;;;/h2*2H,1H2;2*3H,2H2,1H3;13*1H;;/q;;;;;;;;;;;;;;;;;+5;+4/p-9. The van der Waals surface area contributed by atoms with Crippen LogP contribution in [-0.2, 0) is 22.8 Å². The summed E-state index contributed by atoms with van der Waals surface area (Å²) in [6.45, 7) is 3.87. The second-order valence-corrected chi connectivity index (χ2v) is 77.1. The first kappa shape index (κ1) is 74.1. The normalized spacial score (nSPS) is 11.6. The molecule has 0 fully saturated rings. The third kappa shape index (κ3) is 211. The van der Waals surface area contributed by atoms with Crippen LogP contribution in [0.3, 0.4) is 0 Å². The van der Waals surface area contributed by atoms with Gasteiger partial charge in [-0.3, -0.25) is 18.8 Å². The summed E-state index contributed by atoms with van der Waals surface area (Å²) in [4.78, 5) is -1.56. The Morgan fingerprint density at radius 2 is 0.561 bits per heavy atom. The van der Waals surface area contributed by atoms with E-state index in [2.05, 4.69) is 0 Å². The molecule has 0 aliphatic carbocycles. The van der Waals surface area contributed by atoms with Crippen LogP contribution in [0.1, 0.15) is 39.5 Å². The van der Waals surface area contributed by atoms with Crippen molar-refractivity contribution >= 4 is 246 Å². The minimum atomic E-state index is -4.44. The number of rotatable bonds is 4. The maximum atomic E-state index is 5.29. The van der Waals surface area contributed by atoms with Crippen LogP contribution in [0.15, 0.2) is 0 Å². The van der Waals surface area contributed by atoms with E-state index in [0.29, 0.717) is 0 Å². The number of halogens is 27. The Kier molecular flexibility index (Phi) is 70.6. The van der Waals surface area contributed by atoms with Crippen LogP contribution >= 0.6 is 246 Å². The molecule has 0 unspecified atom stereocenters. The van der Waals surface area contributed by atoms with Crippen molar-refractivity contribution in [2.24, 2.45) is 0 Å².